The highest BCUT2D eigenvalue weighted by molar-refractivity contribution is 5.98. The molecule has 0 atom stereocenters. The van der Waals surface area contributed by atoms with Gasteiger partial charge in [-0.3, -0.25) is 4.79 Å². The lowest BCUT2D eigenvalue weighted by Crippen LogP contribution is -2.01. The summed E-state index contributed by atoms with van der Waals surface area (Å²) in [5, 5.41) is 0. The SMILES string of the molecule is C/C=C/c1cc(C)cc(F)c1C(C)=O. The second-order valence-electron chi connectivity index (χ2n) is 3.27. The second kappa shape index (κ2) is 4.18. The summed E-state index contributed by atoms with van der Waals surface area (Å²) in [6.45, 7) is 5.02. The minimum absolute atomic E-state index is 0.175. The summed E-state index contributed by atoms with van der Waals surface area (Å²) in [7, 11) is 0. The molecule has 0 unspecified atom stereocenters. The summed E-state index contributed by atoms with van der Waals surface area (Å²) in [6, 6.07) is 3.18. The van der Waals surface area contributed by atoms with Gasteiger partial charge >= 0.3 is 0 Å². The Morgan fingerprint density at radius 3 is 2.57 bits per heavy atom. The third-order valence-corrected chi connectivity index (χ3v) is 1.96. The molecule has 0 saturated heterocycles. The quantitative estimate of drug-likeness (QED) is 0.656. The molecule has 0 radical (unpaired) electrons. The Balaban J connectivity index is 3.44. The van der Waals surface area contributed by atoms with E-state index in [9.17, 15) is 9.18 Å². The molecule has 0 bridgehead atoms. The molecule has 0 heterocycles. The minimum Gasteiger partial charge on any atom is -0.294 e. The number of aryl methyl sites for hydroxylation is 1. The van der Waals surface area contributed by atoms with Crippen LogP contribution in [0.2, 0.25) is 0 Å². The van der Waals surface area contributed by atoms with Crippen LogP contribution in [-0.4, -0.2) is 5.78 Å². The first-order chi connectivity index (χ1) is 6.56. The van der Waals surface area contributed by atoms with Gasteiger partial charge < -0.3 is 0 Å². The number of carbonyl (C=O) groups excluding carboxylic acids is 1. The predicted octanol–water partition coefficient (Wildman–Crippen LogP) is 3.37. The molecule has 0 spiro atoms. The van der Waals surface area contributed by atoms with E-state index in [-0.39, 0.29) is 11.3 Å². The first-order valence-electron chi connectivity index (χ1n) is 4.50. The molecule has 0 saturated carbocycles. The van der Waals surface area contributed by atoms with Crippen LogP contribution >= 0.6 is 0 Å². The Labute approximate surface area is 83.3 Å². The lowest BCUT2D eigenvalue weighted by Gasteiger charge is -2.05. The topological polar surface area (TPSA) is 17.1 Å². The number of carbonyl (C=O) groups is 1. The first-order valence-corrected chi connectivity index (χ1v) is 4.50. The number of ketones is 1. The van der Waals surface area contributed by atoms with Gasteiger partial charge in [-0.15, -0.1) is 0 Å². The molecule has 1 rings (SSSR count). The van der Waals surface area contributed by atoms with E-state index >= 15 is 0 Å². The molecule has 0 aliphatic heterocycles. The summed E-state index contributed by atoms with van der Waals surface area (Å²) in [5.74, 6) is -0.679. The molecule has 0 fully saturated rings. The van der Waals surface area contributed by atoms with E-state index in [4.69, 9.17) is 0 Å². The Kier molecular flexibility index (Phi) is 3.18. The predicted molar refractivity (Wildman–Crippen MR) is 55.8 cm³/mol. The van der Waals surface area contributed by atoms with E-state index in [2.05, 4.69) is 0 Å². The van der Waals surface area contributed by atoms with E-state index in [0.717, 1.165) is 5.56 Å². The number of rotatable bonds is 2. The van der Waals surface area contributed by atoms with E-state index < -0.39 is 5.82 Å². The van der Waals surface area contributed by atoms with Crippen LogP contribution in [0.15, 0.2) is 18.2 Å². The fourth-order valence-electron chi connectivity index (χ4n) is 1.45. The Bertz CT molecular complexity index is 392. The molecule has 1 aromatic rings. The van der Waals surface area contributed by atoms with Crippen molar-refractivity contribution in [3.63, 3.8) is 0 Å². The Hall–Kier alpha value is -1.44. The zero-order valence-corrected chi connectivity index (χ0v) is 8.60. The lowest BCUT2D eigenvalue weighted by molar-refractivity contribution is 0.101. The highest BCUT2D eigenvalue weighted by atomic mass is 19.1. The summed E-state index contributed by atoms with van der Waals surface area (Å²) in [6.07, 6.45) is 3.54. The Morgan fingerprint density at radius 1 is 1.43 bits per heavy atom. The van der Waals surface area contributed by atoms with Crippen molar-refractivity contribution in [2.45, 2.75) is 20.8 Å². The molecule has 0 aliphatic carbocycles. The van der Waals surface area contributed by atoms with Gasteiger partial charge in [-0.1, -0.05) is 18.2 Å². The van der Waals surface area contributed by atoms with Gasteiger partial charge in [-0.2, -0.15) is 0 Å². The molecular formula is C12H13FO. The number of allylic oxidation sites excluding steroid dienone is 1. The first kappa shape index (κ1) is 10.6. The normalized spacial score (nSPS) is 10.9. The van der Waals surface area contributed by atoms with Gasteiger partial charge in [0.1, 0.15) is 5.82 Å². The van der Waals surface area contributed by atoms with Crippen molar-refractivity contribution in [3.05, 3.63) is 40.7 Å². The standard InChI is InChI=1S/C12H13FO/c1-4-5-10-6-8(2)7-11(13)12(10)9(3)14/h4-7H,1-3H3/b5-4+. The van der Waals surface area contributed by atoms with Crippen molar-refractivity contribution in [3.8, 4) is 0 Å². The fraction of sp³-hybridized carbons (Fsp3) is 0.250. The van der Waals surface area contributed by atoms with Crippen molar-refractivity contribution in [2.24, 2.45) is 0 Å². The van der Waals surface area contributed by atoms with Crippen LogP contribution in [0.1, 0.15) is 35.3 Å². The lowest BCUT2D eigenvalue weighted by atomic mass is 10.0. The summed E-state index contributed by atoms with van der Waals surface area (Å²) in [5.41, 5.74) is 1.65. The van der Waals surface area contributed by atoms with Crippen LogP contribution in [0, 0.1) is 12.7 Å². The number of Topliss-reactive ketones (excluding diaryl/α,β-unsaturated/α-hetero) is 1. The third kappa shape index (κ3) is 2.08. The maximum absolute atomic E-state index is 13.4. The smallest absolute Gasteiger partial charge is 0.163 e. The number of benzene rings is 1. The van der Waals surface area contributed by atoms with Crippen LogP contribution in [-0.2, 0) is 0 Å². The van der Waals surface area contributed by atoms with Gasteiger partial charge in [0, 0.05) is 0 Å². The summed E-state index contributed by atoms with van der Waals surface area (Å²) < 4.78 is 13.4. The zero-order valence-electron chi connectivity index (χ0n) is 8.60. The highest BCUT2D eigenvalue weighted by Crippen LogP contribution is 2.18. The largest absolute Gasteiger partial charge is 0.294 e. The number of hydrogen-bond donors (Lipinski definition) is 0. The van der Waals surface area contributed by atoms with Gasteiger partial charge in [0.25, 0.3) is 0 Å². The maximum Gasteiger partial charge on any atom is 0.163 e. The van der Waals surface area contributed by atoms with E-state index in [1.807, 2.05) is 6.92 Å². The van der Waals surface area contributed by atoms with Crippen LogP contribution < -0.4 is 0 Å². The molecule has 14 heavy (non-hydrogen) atoms. The van der Waals surface area contributed by atoms with Crippen molar-refractivity contribution in [1.82, 2.24) is 0 Å². The van der Waals surface area contributed by atoms with Gasteiger partial charge in [-0.05, 0) is 38.0 Å². The number of halogens is 1. The van der Waals surface area contributed by atoms with Crippen molar-refractivity contribution < 1.29 is 9.18 Å². The van der Waals surface area contributed by atoms with E-state index in [1.165, 1.54) is 13.0 Å². The van der Waals surface area contributed by atoms with Gasteiger partial charge in [-0.25, -0.2) is 4.39 Å². The van der Waals surface area contributed by atoms with E-state index in [0.29, 0.717) is 5.56 Å². The van der Waals surface area contributed by atoms with Crippen LogP contribution in [0.3, 0.4) is 0 Å². The Morgan fingerprint density at radius 2 is 2.07 bits per heavy atom. The molecule has 0 aliphatic rings. The molecule has 0 aromatic heterocycles. The summed E-state index contributed by atoms with van der Waals surface area (Å²) in [4.78, 5) is 11.2. The third-order valence-electron chi connectivity index (χ3n) is 1.96. The molecule has 1 aromatic carbocycles. The molecule has 74 valence electrons. The minimum atomic E-state index is -0.439. The molecule has 2 heteroatoms. The molecule has 1 nitrogen and oxygen atoms in total. The monoisotopic (exact) mass is 192 g/mol. The highest BCUT2D eigenvalue weighted by Gasteiger charge is 2.11. The average molecular weight is 192 g/mol. The van der Waals surface area contributed by atoms with Crippen molar-refractivity contribution >= 4 is 11.9 Å². The van der Waals surface area contributed by atoms with Gasteiger partial charge in [0.2, 0.25) is 0 Å². The maximum atomic E-state index is 13.4. The average Bonchev–Trinajstić information content (AvgIpc) is 2.01. The van der Waals surface area contributed by atoms with Crippen molar-refractivity contribution in [1.29, 1.82) is 0 Å². The van der Waals surface area contributed by atoms with E-state index in [1.54, 1.807) is 25.1 Å². The molecule has 0 amide bonds. The number of hydrogen-bond acceptors (Lipinski definition) is 1. The van der Waals surface area contributed by atoms with Crippen LogP contribution in [0.4, 0.5) is 4.39 Å². The second-order valence-corrected chi connectivity index (χ2v) is 3.27. The molecular weight excluding hydrogens is 179 g/mol. The van der Waals surface area contributed by atoms with Gasteiger partial charge in [0.15, 0.2) is 5.78 Å². The van der Waals surface area contributed by atoms with Crippen molar-refractivity contribution in [2.75, 3.05) is 0 Å². The summed E-state index contributed by atoms with van der Waals surface area (Å²) >= 11 is 0. The molecule has 0 N–H and O–H groups in total. The zero-order chi connectivity index (χ0) is 10.7. The van der Waals surface area contributed by atoms with Crippen LogP contribution in [0.5, 0.6) is 0 Å². The van der Waals surface area contributed by atoms with Gasteiger partial charge in [0.05, 0.1) is 5.56 Å². The fourth-order valence-corrected chi connectivity index (χ4v) is 1.45. The van der Waals surface area contributed by atoms with Crippen LogP contribution in [0.25, 0.3) is 6.08 Å².